The zero-order chi connectivity index (χ0) is 12.6. The summed E-state index contributed by atoms with van der Waals surface area (Å²) in [7, 11) is 0. The predicted octanol–water partition coefficient (Wildman–Crippen LogP) is 1.64. The summed E-state index contributed by atoms with van der Waals surface area (Å²) in [4.78, 5) is 23.4. The molecular formula is C11H11FN2O2S. The van der Waals surface area contributed by atoms with Crippen LogP contribution in [-0.2, 0) is 6.42 Å². The van der Waals surface area contributed by atoms with E-state index in [2.05, 4.69) is 0 Å². The fourth-order valence-electron chi connectivity index (χ4n) is 1.98. The summed E-state index contributed by atoms with van der Waals surface area (Å²) < 4.78 is 12.1. The van der Waals surface area contributed by atoms with Gasteiger partial charge in [-0.2, -0.15) is 0 Å². The number of rotatable bonds is 1. The Hall–Kier alpha value is -1.40. The molecule has 1 unspecified atom stereocenters. The van der Waals surface area contributed by atoms with Gasteiger partial charge in [-0.05, 0) is 48.9 Å². The largest absolute Gasteiger partial charge is 0.293 e. The summed E-state index contributed by atoms with van der Waals surface area (Å²) >= 11 is 0.833. The SMILES string of the molecule is CC1(SC(=O)NN)Cc2cc(F)ccc2C1=O. The van der Waals surface area contributed by atoms with Crippen LogP contribution in [0.2, 0.25) is 0 Å². The molecule has 0 saturated carbocycles. The summed E-state index contributed by atoms with van der Waals surface area (Å²) in [5.41, 5.74) is 3.09. The third kappa shape index (κ3) is 2.05. The van der Waals surface area contributed by atoms with Crippen molar-refractivity contribution < 1.29 is 14.0 Å². The van der Waals surface area contributed by atoms with Crippen molar-refractivity contribution in [3.05, 3.63) is 35.1 Å². The number of benzene rings is 1. The third-order valence-electron chi connectivity index (χ3n) is 2.76. The minimum absolute atomic E-state index is 0.166. The van der Waals surface area contributed by atoms with Gasteiger partial charge in [-0.1, -0.05) is 0 Å². The summed E-state index contributed by atoms with van der Waals surface area (Å²) in [6.07, 6.45) is 0.330. The van der Waals surface area contributed by atoms with Crippen LogP contribution in [0, 0.1) is 5.82 Å². The highest BCUT2D eigenvalue weighted by atomic mass is 32.2. The Kier molecular flexibility index (Phi) is 2.92. The van der Waals surface area contributed by atoms with Gasteiger partial charge in [0.1, 0.15) is 5.82 Å². The molecule has 17 heavy (non-hydrogen) atoms. The lowest BCUT2D eigenvalue weighted by atomic mass is 10.1. The average molecular weight is 254 g/mol. The Morgan fingerprint density at radius 2 is 2.29 bits per heavy atom. The molecule has 0 fully saturated rings. The van der Waals surface area contributed by atoms with Crippen LogP contribution in [-0.4, -0.2) is 15.8 Å². The molecular weight excluding hydrogens is 243 g/mol. The maximum atomic E-state index is 13.1. The van der Waals surface area contributed by atoms with E-state index < -0.39 is 9.99 Å². The number of halogens is 1. The molecule has 4 nitrogen and oxygen atoms in total. The molecule has 0 aliphatic heterocycles. The Morgan fingerprint density at radius 1 is 1.59 bits per heavy atom. The van der Waals surface area contributed by atoms with Gasteiger partial charge >= 0.3 is 0 Å². The van der Waals surface area contributed by atoms with E-state index in [1.165, 1.54) is 18.2 Å². The van der Waals surface area contributed by atoms with Gasteiger partial charge in [0.2, 0.25) is 0 Å². The van der Waals surface area contributed by atoms with Crippen molar-refractivity contribution in [2.24, 2.45) is 5.84 Å². The number of ketones is 1. The average Bonchev–Trinajstić information content (AvgIpc) is 2.50. The molecule has 1 aromatic rings. The predicted molar refractivity (Wildman–Crippen MR) is 63.1 cm³/mol. The number of carbonyl (C=O) groups is 2. The number of thioether (sulfide) groups is 1. The molecule has 1 aromatic carbocycles. The lowest BCUT2D eigenvalue weighted by molar-refractivity contribution is 0.0965. The van der Waals surface area contributed by atoms with Gasteiger partial charge in [0.25, 0.3) is 5.24 Å². The first-order valence-corrected chi connectivity index (χ1v) is 5.81. The zero-order valence-electron chi connectivity index (χ0n) is 9.12. The maximum Gasteiger partial charge on any atom is 0.293 e. The Morgan fingerprint density at radius 3 is 2.94 bits per heavy atom. The maximum absolute atomic E-state index is 13.1. The summed E-state index contributed by atoms with van der Waals surface area (Å²) in [5, 5.41) is -0.478. The first kappa shape index (κ1) is 12.1. The molecule has 1 atom stereocenters. The van der Waals surface area contributed by atoms with Crippen LogP contribution in [0.25, 0.3) is 0 Å². The molecule has 1 aliphatic rings. The minimum atomic E-state index is -0.903. The van der Waals surface area contributed by atoms with Crippen LogP contribution in [0.3, 0.4) is 0 Å². The normalized spacial score (nSPS) is 22.4. The Balaban J connectivity index is 2.33. The highest BCUT2D eigenvalue weighted by Crippen LogP contribution is 2.40. The molecule has 1 amide bonds. The van der Waals surface area contributed by atoms with E-state index >= 15 is 0 Å². The van der Waals surface area contributed by atoms with E-state index in [1.807, 2.05) is 5.43 Å². The topological polar surface area (TPSA) is 72.2 Å². The molecule has 90 valence electrons. The van der Waals surface area contributed by atoms with Gasteiger partial charge in [0.05, 0.1) is 4.75 Å². The van der Waals surface area contributed by atoms with Gasteiger partial charge in [-0.15, -0.1) is 0 Å². The van der Waals surface area contributed by atoms with E-state index in [-0.39, 0.29) is 11.6 Å². The molecule has 2 rings (SSSR count). The molecule has 0 spiro atoms. The molecule has 6 heteroatoms. The van der Waals surface area contributed by atoms with Crippen molar-refractivity contribution in [2.45, 2.75) is 18.1 Å². The monoisotopic (exact) mass is 254 g/mol. The van der Waals surface area contributed by atoms with Crippen LogP contribution >= 0.6 is 11.8 Å². The van der Waals surface area contributed by atoms with Crippen molar-refractivity contribution in [1.82, 2.24) is 5.43 Å². The first-order valence-electron chi connectivity index (χ1n) is 4.99. The quantitative estimate of drug-likeness (QED) is 0.454. The standard InChI is InChI=1S/C11H11FN2O2S/c1-11(17-10(16)14-13)5-6-4-7(12)2-3-8(6)9(11)15/h2-4H,5,13H2,1H3,(H,14,16). The highest BCUT2D eigenvalue weighted by molar-refractivity contribution is 8.15. The highest BCUT2D eigenvalue weighted by Gasteiger charge is 2.43. The summed E-state index contributed by atoms with van der Waals surface area (Å²) in [5.74, 6) is 4.45. The van der Waals surface area contributed by atoms with Crippen LogP contribution in [0.5, 0.6) is 0 Å². The fraction of sp³-hybridized carbons (Fsp3) is 0.273. The van der Waals surface area contributed by atoms with Gasteiger partial charge in [-0.3, -0.25) is 15.0 Å². The van der Waals surface area contributed by atoms with E-state index in [9.17, 15) is 14.0 Å². The van der Waals surface area contributed by atoms with Gasteiger partial charge in [0.15, 0.2) is 5.78 Å². The number of nitrogens with one attached hydrogen (secondary N) is 1. The van der Waals surface area contributed by atoms with Crippen molar-refractivity contribution in [3.63, 3.8) is 0 Å². The van der Waals surface area contributed by atoms with Crippen molar-refractivity contribution in [3.8, 4) is 0 Å². The van der Waals surface area contributed by atoms with E-state index in [0.717, 1.165) is 11.8 Å². The summed E-state index contributed by atoms with van der Waals surface area (Å²) in [6, 6.07) is 4.04. The Labute approximate surface area is 102 Å². The first-order chi connectivity index (χ1) is 7.96. The molecule has 0 heterocycles. The smallest absolute Gasteiger partial charge is 0.293 e. The van der Waals surface area contributed by atoms with Crippen molar-refractivity contribution >= 4 is 22.8 Å². The van der Waals surface area contributed by atoms with Crippen LogP contribution < -0.4 is 11.3 Å². The number of hydrazine groups is 1. The third-order valence-corrected chi connectivity index (χ3v) is 3.84. The molecule has 0 bridgehead atoms. The van der Waals surface area contributed by atoms with Gasteiger partial charge in [-0.25, -0.2) is 10.2 Å². The van der Waals surface area contributed by atoms with Crippen molar-refractivity contribution in [2.75, 3.05) is 0 Å². The molecule has 1 aliphatic carbocycles. The molecule has 0 aromatic heterocycles. The van der Waals surface area contributed by atoms with E-state index in [1.54, 1.807) is 6.92 Å². The summed E-state index contributed by atoms with van der Waals surface area (Å²) in [6.45, 7) is 1.66. The number of amides is 1. The van der Waals surface area contributed by atoms with Gasteiger partial charge in [0, 0.05) is 5.56 Å². The molecule has 0 radical (unpaired) electrons. The second kappa shape index (κ2) is 4.12. The van der Waals surface area contributed by atoms with Crippen LogP contribution in [0.15, 0.2) is 18.2 Å². The number of carbonyl (C=O) groups excluding carboxylic acids is 2. The van der Waals surface area contributed by atoms with Crippen LogP contribution in [0.4, 0.5) is 9.18 Å². The molecule has 0 saturated heterocycles. The Bertz CT molecular complexity index is 506. The second-order valence-corrected chi connectivity index (χ2v) is 5.55. The number of hydrogen-bond acceptors (Lipinski definition) is 4. The number of Topliss-reactive ketones (excluding diaryl/α,β-unsaturated/α-hetero) is 1. The van der Waals surface area contributed by atoms with Gasteiger partial charge < -0.3 is 0 Å². The minimum Gasteiger partial charge on any atom is -0.293 e. The lowest BCUT2D eigenvalue weighted by Crippen LogP contribution is -2.35. The number of fused-ring (bicyclic) bond motifs is 1. The zero-order valence-corrected chi connectivity index (χ0v) is 9.94. The number of nitrogens with two attached hydrogens (primary N) is 1. The fourth-order valence-corrected chi connectivity index (χ4v) is 2.87. The number of hydrogen-bond donors (Lipinski definition) is 2. The van der Waals surface area contributed by atoms with Crippen molar-refractivity contribution in [1.29, 1.82) is 0 Å². The molecule has 3 N–H and O–H groups in total. The van der Waals surface area contributed by atoms with Crippen LogP contribution in [0.1, 0.15) is 22.8 Å². The van der Waals surface area contributed by atoms with E-state index in [4.69, 9.17) is 5.84 Å². The van der Waals surface area contributed by atoms with E-state index in [0.29, 0.717) is 17.5 Å². The lowest BCUT2D eigenvalue weighted by Gasteiger charge is -2.19. The second-order valence-electron chi connectivity index (χ2n) is 4.07.